The van der Waals surface area contributed by atoms with Gasteiger partial charge in [0.15, 0.2) is 0 Å². The molecule has 1 atom stereocenters. The number of H-pyrrole nitrogens is 1. The van der Waals surface area contributed by atoms with Crippen molar-refractivity contribution in [2.24, 2.45) is 0 Å². The number of nitrogens with one attached hydrogen (secondary N) is 1. The molecule has 0 radical (unpaired) electrons. The van der Waals surface area contributed by atoms with Gasteiger partial charge in [0.05, 0.1) is 5.25 Å². The lowest BCUT2D eigenvalue weighted by atomic mass is 10.1. The van der Waals surface area contributed by atoms with E-state index in [4.69, 9.17) is 12.2 Å². The van der Waals surface area contributed by atoms with Gasteiger partial charge in [0.25, 0.3) is 0 Å². The number of aromatic nitrogens is 2. The van der Waals surface area contributed by atoms with Crippen molar-refractivity contribution in [2.45, 2.75) is 5.25 Å². The maximum atomic E-state index is 5.31. The van der Waals surface area contributed by atoms with Crippen molar-refractivity contribution in [3.8, 4) is 11.3 Å². The zero-order valence-electron chi connectivity index (χ0n) is 10.3. The van der Waals surface area contributed by atoms with Crippen molar-refractivity contribution in [1.82, 2.24) is 9.97 Å². The van der Waals surface area contributed by atoms with Crippen LogP contribution in [0.5, 0.6) is 0 Å². The number of aromatic amines is 1. The maximum Gasteiger partial charge on any atom is 0.130 e. The van der Waals surface area contributed by atoms with Crippen LogP contribution in [0.3, 0.4) is 0 Å². The molecular weight excluding hydrogens is 292 g/mol. The summed E-state index contributed by atoms with van der Waals surface area (Å²) in [5.41, 5.74) is 2.22. The molecule has 2 aromatic rings. The summed E-state index contributed by atoms with van der Waals surface area (Å²) in [4.78, 5) is 7.97. The van der Waals surface area contributed by atoms with E-state index in [2.05, 4.69) is 22.1 Å². The molecule has 0 bridgehead atoms. The average Bonchev–Trinajstić information content (AvgIpc) is 2.48. The molecule has 19 heavy (non-hydrogen) atoms. The predicted molar refractivity (Wildman–Crippen MR) is 87.4 cm³/mol. The van der Waals surface area contributed by atoms with Gasteiger partial charge in [-0.1, -0.05) is 42.5 Å². The highest BCUT2D eigenvalue weighted by atomic mass is 32.2. The second-order valence-corrected chi connectivity index (χ2v) is 7.20. The Balaban J connectivity index is 1.98. The van der Waals surface area contributed by atoms with E-state index in [0.717, 1.165) is 22.8 Å². The molecule has 1 saturated heterocycles. The van der Waals surface area contributed by atoms with Crippen molar-refractivity contribution < 1.29 is 0 Å². The molecule has 0 spiro atoms. The molecule has 1 aliphatic heterocycles. The van der Waals surface area contributed by atoms with E-state index in [1.165, 1.54) is 11.5 Å². The molecular formula is C14H14N2S3. The zero-order chi connectivity index (χ0) is 13.1. The van der Waals surface area contributed by atoms with E-state index in [0.29, 0.717) is 9.89 Å². The number of benzene rings is 1. The number of rotatable bonds is 2. The lowest BCUT2D eigenvalue weighted by Crippen LogP contribution is -2.10. The van der Waals surface area contributed by atoms with Crippen LogP contribution >= 0.6 is 35.7 Å². The molecule has 0 aliphatic carbocycles. The molecule has 1 aromatic carbocycles. The second kappa shape index (κ2) is 6.11. The van der Waals surface area contributed by atoms with Gasteiger partial charge in [-0.2, -0.15) is 11.8 Å². The van der Waals surface area contributed by atoms with Crippen LogP contribution in [0.15, 0.2) is 36.4 Å². The molecule has 0 saturated carbocycles. The van der Waals surface area contributed by atoms with Gasteiger partial charge in [-0.3, -0.25) is 0 Å². The summed E-state index contributed by atoms with van der Waals surface area (Å²) < 4.78 is 0.670. The Morgan fingerprint density at radius 3 is 2.79 bits per heavy atom. The topological polar surface area (TPSA) is 28.7 Å². The fourth-order valence-electron chi connectivity index (χ4n) is 2.05. The summed E-state index contributed by atoms with van der Waals surface area (Å²) in [6.07, 6.45) is 0. The molecule has 1 aromatic heterocycles. The van der Waals surface area contributed by atoms with Gasteiger partial charge in [-0.15, -0.1) is 11.8 Å². The first-order valence-corrected chi connectivity index (χ1v) is 8.80. The summed E-state index contributed by atoms with van der Waals surface area (Å²) >= 11 is 9.27. The molecule has 3 rings (SSSR count). The normalized spacial score (nSPS) is 19.3. The third-order valence-corrected chi connectivity index (χ3v) is 5.94. The third kappa shape index (κ3) is 3.22. The van der Waals surface area contributed by atoms with Gasteiger partial charge < -0.3 is 4.98 Å². The number of hydrogen-bond donors (Lipinski definition) is 1. The van der Waals surface area contributed by atoms with Gasteiger partial charge in [-0.25, -0.2) is 4.98 Å². The third-order valence-electron chi connectivity index (χ3n) is 2.97. The summed E-state index contributed by atoms with van der Waals surface area (Å²) in [5, 5.41) is 0.434. The monoisotopic (exact) mass is 306 g/mol. The van der Waals surface area contributed by atoms with E-state index >= 15 is 0 Å². The van der Waals surface area contributed by atoms with Gasteiger partial charge in [-0.05, 0) is 11.6 Å². The lowest BCUT2D eigenvalue weighted by Gasteiger charge is -2.20. The Morgan fingerprint density at radius 1 is 1.21 bits per heavy atom. The molecule has 1 fully saturated rings. The van der Waals surface area contributed by atoms with Crippen molar-refractivity contribution in [1.29, 1.82) is 0 Å². The molecule has 1 aliphatic rings. The van der Waals surface area contributed by atoms with E-state index in [9.17, 15) is 0 Å². The van der Waals surface area contributed by atoms with Crippen LogP contribution in [-0.2, 0) is 0 Å². The average molecular weight is 306 g/mol. The maximum absolute atomic E-state index is 5.31. The Hall–Kier alpha value is -0.780. The van der Waals surface area contributed by atoms with Crippen LogP contribution < -0.4 is 0 Å². The fourth-order valence-corrected chi connectivity index (χ4v) is 4.89. The van der Waals surface area contributed by atoms with E-state index < -0.39 is 0 Å². The molecule has 1 N–H and O–H groups in total. The van der Waals surface area contributed by atoms with Crippen LogP contribution in [0.1, 0.15) is 11.1 Å². The molecule has 2 nitrogen and oxygen atoms in total. The van der Waals surface area contributed by atoms with Gasteiger partial charge in [0, 0.05) is 23.0 Å². The number of nitrogens with zero attached hydrogens (tertiary/aromatic N) is 1. The SMILES string of the molecule is S=c1cc(-c2ccccc2)[nH]c(C2CSCCS2)n1. The van der Waals surface area contributed by atoms with Crippen LogP contribution in [-0.4, -0.2) is 27.2 Å². The molecule has 98 valence electrons. The minimum Gasteiger partial charge on any atom is -0.342 e. The number of thioether (sulfide) groups is 2. The summed E-state index contributed by atoms with van der Waals surface area (Å²) in [7, 11) is 0. The largest absolute Gasteiger partial charge is 0.342 e. The fraction of sp³-hybridized carbons (Fsp3) is 0.286. The first-order chi connectivity index (χ1) is 9.33. The lowest BCUT2D eigenvalue weighted by molar-refractivity contribution is 0.921. The highest BCUT2D eigenvalue weighted by molar-refractivity contribution is 8.06. The molecule has 2 heterocycles. The molecule has 5 heteroatoms. The van der Waals surface area contributed by atoms with Crippen molar-refractivity contribution in [3.63, 3.8) is 0 Å². The van der Waals surface area contributed by atoms with Crippen molar-refractivity contribution >= 4 is 35.7 Å². The Bertz CT molecular complexity index is 604. The first kappa shape index (κ1) is 13.2. The Morgan fingerprint density at radius 2 is 2.05 bits per heavy atom. The van der Waals surface area contributed by atoms with E-state index in [1.807, 2.05) is 47.8 Å². The Kier molecular flexibility index (Phi) is 4.25. The van der Waals surface area contributed by atoms with E-state index in [1.54, 1.807) is 0 Å². The van der Waals surface area contributed by atoms with Crippen molar-refractivity contribution in [2.75, 3.05) is 17.3 Å². The number of hydrogen-bond acceptors (Lipinski definition) is 4. The second-order valence-electron chi connectivity index (χ2n) is 4.32. The quantitative estimate of drug-likeness (QED) is 0.836. The highest BCUT2D eigenvalue weighted by Crippen LogP contribution is 2.35. The van der Waals surface area contributed by atoms with Crippen LogP contribution in [0.4, 0.5) is 0 Å². The minimum absolute atomic E-state index is 0.434. The smallest absolute Gasteiger partial charge is 0.130 e. The molecule has 1 unspecified atom stereocenters. The summed E-state index contributed by atoms with van der Waals surface area (Å²) in [5.74, 6) is 4.55. The standard InChI is InChI=1S/C14H14N2S3/c17-13-8-11(10-4-2-1-3-5-10)15-14(16-13)12-9-18-6-7-19-12/h1-5,8,12H,6-7,9H2,(H,15,16,17). The summed E-state index contributed by atoms with van der Waals surface area (Å²) in [6.45, 7) is 0. The highest BCUT2D eigenvalue weighted by Gasteiger charge is 2.19. The van der Waals surface area contributed by atoms with Crippen molar-refractivity contribution in [3.05, 3.63) is 46.9 Å². The van der Waals surface area contributed by atoms with Crippen LogP contribution in [0.2, 0.25) is 0 Å². The first-order valence-electron chi connectivity index (χ1n) is 6.19. The van der Waals surface area contributed by atoms with E-state index in [-0.39, 0.29) is 0 Å². The van der Waals surface area contributed by atoms with Crippen LogP contribution in [0.25, 0.3) is 11.3 Å². The Labute approximate surface area is 126 Å². The minimum atomic E-state index is 0.434. The van der Waals surface area contributed by atoms with Gasteiger partial charge >= 0.3 is 0 Å². The van der Waals surface area contributed by atoms with Gasteiger partial charge in [0.2, 0.25) is 0 Å². The summed E-state index contributed by atoms with van der Waals surface area (Å²) in [6, 6.07) is 12.2. The van der Waals surface area contributed by atoms with Gasteiger partial charge in [0.1, 0.15) is 10.5 Å². The predicted octanol–water partition coefficient (Wildman–Crippen LogP) is 4.33. The van der Waals surface area contributed by atoms with Crippen LogP contribution in [0, 0.1) is 4.64 Å². The molecule has 0 amide bonds. The zero-order valence-corrected chi connectivity index (χ0v) is 12.8.